The molecule has 4 atom stereocenters. The molecule has 3 N–H and O–H groups in total. The normalized spacial score (nSPS) is 42.2. The van der Waals surface area contributed by atoms with Crippen LogP contribution < -0.4 is 0 Å². The van der Waals surface area contributed by atoms with Crippen LogP contribution in [-0.4, -0.2) is 71.9 Å². The molecule has 0 amide bonds. The first kappa shape index (κ1) is 10.9. The van der Waals surface area contributed by atoms with Gasteiger partial charge in [-0.2, -0.15) is 0 Å². The lowest BCUT2D eigenvalue weighted by atomic mass is 9.95. The van der Waals surface area contributed by atoms with Crippen molar-refractivity contribution < 1.29 is 20.1 Å². The number of likely N-dealkylation sites (N-methyl/N-ethyl adjacent to an activating group) is 1. The summed E-state index contributed by atoms with van der Waals surface area (Å²) in [4.78, 5) is 1.78. The van der Waals surface area contributed by atoms with E-state index in [9.17, 15) is 10.2 Å². The van der Waals surface area contributed by atoms with Crippen LogP contribution in [0.4, 0.5) is 0 Å². The average Bonchev–Trinajstić information content (AvgIpc) is 2.10. The number of rotatable bonds is 2. The monoisotopic (exact) mass is 191 g/mol. The quantitative estimate of drug-likeness (QED) is 0.472. The van der Waals surface area contributed by atoms with Crippen LogP contribution in [0, 0.1) is 0 Å². The first-order valence-corrected chi connectivity index (χ1v) is 4.31. The molecular formula is C8H17NO4. The van der Waals surface area contributed by atoms with Gasteiger partial charge in [0.2, 0.25) is 0 Å². The van der Waals surface area contributed by atoms with Crippen molar-refractivity contribution in [2.24, 2.45) is 0 Å². The third-order valence-electron chi connectivity index (χ3n) is 2.61. The van der Waals surface area contributed by atoms with Crippen molar-refractivity contribution in [1.29, 1.82) is 0 Å². The number of hydrogen-bond donors (Lipinski definition) is 3. The van der Waals surface area contributed by atoms with E-state index < -0.39 is 18.3 Å². The Hall–Kier alpha value is -0.200. The van der Waals surface area contributed by atoms with Gasteiger partial charge in [0.15, 0.2) is 0 Å². The highest BCUT2D eigenvalue weighted by atomic mass is 16.5. The van der Waals surface area contributed by atoms with Gasteiger partial charge in [0.05, 0.1) is 18.8 Å². The lowest BCUT2D eigenvalue weighted by Crippen LogP contribution is -2.61. The Morgan fingerprint density at radius 2 is 2.08 bits per heavy atom. The second kappa shape index (κ2) is 4.34. The lowest BCUT2D eigenvalue weighted by Gasteiger charge is -2.42. The number of aliphatic hydroxyl groups excluding tert-OH is 3. The Balaban J connectivity index is 2.71. The number of methoxy groups -OCH3 is 1. The number of nitrogens with zero attached hydrogens (tertiary/aromatic N) is 1. The van der Waals surface area contributed by atoms with Gasteiger partial charge in [-0.3, -0.25) is 4.90 Å². The number of ether oxygens (including phenoxy) is 1. The SMILES string of the molecule is CO[C@H]1[C@H](O)[C@@H](O)CN(C)[C@@H]1CO. The molecule has 1 aliphatic heterocycles. The van der Waals surface area contributed by atoms with Crippen LogP contribution >= 0.6 is 0 Å². The molecule has 13 heavy (non-hydrogen) atoms. The van der Waals surface area contributed by atoms with Crippen molar-refractivity contribution in [3.05, 3.63) is 0 Å². The molecule has 0 aromatic carbocycles. The summed E-state index contributed by atoms with van der Waals surface area (Å²) in [6.45, 7) is 0.269. The van der Waals surface area contributed by atoms with Crippen LogP contribution in [0.5, 0.6) is 0 Å². The molecule has 0 aromatic rings. The standard InChI is InChI=1S/C8H17NO4/c1-9-3-6(11)7(12)8(13-2)5(9)4-10/h5-8,10-12H,3-4H2,1-2H3/t5-,6+,7-,8-/m1/s1. The van der Waals surface area contributed by atoms with E-state index in [0.717, 1.165) is 0 Å². The highest BCUT2D eigenvalue weighted by molar-refractivity contribution is 4.93. The van der Waals surface area contributed by atoms with Crippen LogP contribution in [0.1, 0.15) is 0 Å². The zero-order chi connectivity index (χ0) is 10.0. The Morgan fingerprint density at radius 1 is 1.46 bits per heavy atom. The fourth-order valence-electron chi connectivity index (χ4n) is 1.78. The van der Waals surface area contributed by atoms with E-state index in [1.165, 1.54) is 7.11 Å². The third kappa shape index (κ3) is 2.00. The maximum atomic E-state index is 9.54. The molecule has 1 aliphatic rings. The van der Waals surface area contributed by atoms with E-state index >= 15 is 0 Å². The van der Waals surface area contributed by atoms with Crippen molar-refractivity contribution in [2.45, 2.75) is 24.4 Å². The zero-order valence-electron chi connectivity index (χ0n) is 7.92. The Kier molecular flexibility index (Phi) is 3.63. The molecule has 5 heteroatoms. The van der Waals surface area contributed by atoms with Crippen LogP contribution in [0.25, 0.3) is 0 Å². The number of aliphatic hydroxyl groups is 3. The minimum atomic E-state index is -0.918. The molecule has 0 saturated carbocycles. The summed E-state index contributed by atoms with van der Waals surface area (Å²) >= 11 is 0. The van der Waals surface area contributed by atoms with Gasteiger partial charge >= 0.3 is 0 Å². The topological polar surface area (TPSA) is 73.2 Å². The number of β-amino-alcohol motifs (C(OH)–C–C–N with tert-alkyl or cyclic N) is 1. The minimum Gasteiger partial charge on any atom is -0.395 e. The molecule has 1 heterocycles. The van der Waals surface area contributed by atoms with Gasteiger partial charge in [-0.15, -0.1) is 0 Å². The van der Waals surface area contributed by atoms with E-state index in [4.69, 9.17) is 9.84 Å². The third-order valence-corrected chi connectivity index (χ3v) is 2.61. The molecule has 0 aliphatic carbocycles. The summed E-state index contributed by atoms with van der Waals surface area (Å²) < 4.78 is 5.04. The van der Waals surface area contributed by atoms with Crippen molar-refractivity contribution in [3.8, 4) is 0 Å². The second-order valence-corrected chi connectivity index (χ2v) is 3.45. The van der Waals surface area contributed by atoms with Crippen molar-refractivity contribution in [2.75, 3.05) is 27.3 Å². The lowest BCUT2D eigenvalue weighted by molar-refractivity contribution is -0.151. The van der Waals surface area contributed by atoms with E-state index in [2.05, 4.69) is 0 Å². The molecule has 78 valence electrons. The summed E-state index contributed by atoms with van der Waals surface area (Å²) in [5.41, 5.74) is 0. The number of hydrogen-bond acceptors (Lipinski definition) is 5. The zero-order valence-corrected chi connectivity index (χ0v) is 7.92. The average molecular weight is 191 g/mol. The van der Waals surface area contributed by atoms with E-state index in [1.54, 1.807) is 11.9 Å². The van der Waals surface area contributed by atoms with Gasteiger partial charge in [-0.05, 0) is 7.05 Å². The van der Waals surface area contributed by atoms with Crippen LogP contribution in [0.15, 0.2) is 0 Å². The summed E-state index contributed by atoms with van der Waals surface area (Å²) in [7, 11) is 3.24. The Labute approximate surface area is 77.5 Å². The van der Waals surface area contributed by atoms with Gasteiger partial charge in [0.1, 0.15) is 12.2 Å². The largest absolute Gasteiger partial charge is 0.395 e. The summed E-state index contributed by atoms with van der Waals surface area (Å²) in [5, 5.41) is 28.0. The predicted molar refractivity (Wildman–Crippen MR) is 46.3 cm³/mol. The first-order valence-electron chi connectivity index (χ1n) is 4.31. The van der Waals surface area contributed by atoms with Gasteiger partial charge in [-0.1, -0.05) is 0 Å². The number of piperidine rings is 1. The molecule has 1 saturated heterocycles. The van der Waals surface area contributed by atoms with Crippen LogP contribution in [-0.2, 0) is 4.74 Å². The van der Waals surface area contributed by atoms with Crippen LogP contribution in [0.2, 0.25) is 0 Å². The van der Waals surface area contributed by atoms with Crippen molar-refractivity contribution in [3.63, 3.8) is 0 Å². The van der Waals surface area contributed by atoms with Gasteiger partial charge in [0.25, 0.3) is 0 Å². The highest BCUT2D eigenvalue weighted by Crippen LogP contribution is 2.19. The molecule has 0 radical (unpaired) electrons. The van der Waals surface area contributed by atoms with Gasteiger partial charge < -0.3 is 20.1 Å². The Bertz CT molecular complexity index is 166. The van der Waals surface area contributed by atoms with Crippen molar-refractivity contribution >= 4 is 0 Å². The summed E-state index contributed by atoms with van der Waals surface area (Å²) in [6.07, 6.45) is -2.25. The smallest absolute Gasteiger partial charge is 0.109 e. The molecule has 1 fully saturated rings. The van der Waals surface area contributed by atoms with Crippen molar-refractivity contribution in [1.82, 2.24) is 4.90 Å². The van der Waals surface area contributed by atoms with E-state index in [1.807, 2.05) is 0 Å². The Morgan fingerprint density at radius 3 is 2.54 bits per heavy atom. The fraction of sp³-hybridized carbons (Fsp3) is 1.00. The highest BCUT2D eigenvalue weighted by Gasteiger charge is 2.40. The molecule has 0 bridgehead atoms. The molecular weight excluding hydrogens is 174 g/mol. The molecule has 5 nitrogen and oxygen atoms in total. The maximum Gasteiger partial charge on any atom is 0.109 e. The summed E-state index contributed by atoms with van der Waals surface area (Å²) in [6, 6.07) is -0.247. The van der Waals surface area contributed by atoms with Gasteiger partial charge in [-0.25, -0.2) is 0 Å². The minimum absolute atomic E-state index is 0.0845. The van der Waals surface area contributed by atoms with E-state index in [-0.39, 0.29) is 12.6 Å². The molecule has 0 unspecified atom stereocenters. The maximum absolute atomic E-state index is 9.54. The van der Waals surface area contributed by atoms with Crippen LogP contribution in [0.3, 0.4) is 0 Å². The number of likely N-dealkylation sites (tertiary alicyclic amines) is 1. The second-order valence-electron chi connectivity index (χ2n) is 3.45. The molecule has 0 aromatic heterocycles. The predicted octanol–water partition coefficient (Wildman–Crippen LogP) is -1.97. The summed E-state index contributed by atoms with van der Waals surface area (Å²) in [5.74, 6) is 0. The molecule has 0 spiro atoms. The van der Waals surface area contributed by atoms with E-state index in [0.29, 0.717) is 6.54 Å². The fourth-order valence-corrected chi connectivity index (χ4v) is 1.78. The first-order chi connectivity index (χ1) is 6.11. The molecule has 1 rings (SSSR count). The van der Waals surface area contributed by atoms with Gasteiger partial charge in [0, 0.05) is 13.7 Å².